The van der Waals surface area contributed by atoms with Crippen LogP contribution in [0.5, 0.6) is 0 Å². The highest BCUT2D eigenvalue weighted by molar-refractivity contribution is 4.92. The number of hydrogen-bond acceptors (Lipinski definition) is 0. The minimum absolute atomic E-state index is 0. The van der Waals surface area contributed by atoms with Crippen molar-refractivity contribution in [2.75, 3.05) is 27.2 Å². The maximum absolute atomic E-state index is 2.38. The summed E-state index contributed by atoms with van der Waals surface area (Å²) in [5, 5.41) is 0. The second-order valence-electron chi connectivity index (χ2n) is 5.73. The number of rotatable bonds is 7. The lowest BCUT2D eigenvalue weighted by atomic mass is 10.0. The molecule has 0 unspecified atom stereocenters. The zero-order chi connectivity index (χ0) is 11.9. The predicted molar refractivity (Wildman–Crippen MR) is 70.0 cm³/mol. The summed E-state index contributed by atoms with van der Waals surface area (Å²) >= 11 is 0. The van der Waals surface area contributed by atoms with E-state index in [4.69, 9.17) is 0 Å². The predicted octanol–water partition coefficient (Wildman–Crippen LogP) is 0.859. The van der Waals surface area contributed by atoms with Crippen LogP contribution in [0.3, 0.4) is 0 Å². The van der Waals surface area contributed by atoms with E-state index in [9.17, 15) is 0 Å². The lowest BCUT2D eigenvalue weighted by Gasteiger charge is -2.29. The third kappa shape index (κ3) is 10.9. The highest BCUT2D eigenvalue weighted by atomic mass is 127. The van der Waals surface area contributed by atoms with Crippen LogP contribution in [0, 0.1) is 5.92 Å². The van der Waals surface area contributed by atoms with Crippen molar-refractivity contribution in [3.05, 3.63) is 11.6 Å². The van der Waals surface area contributed by atoms with E-state index in [1.165, 1.54) is 37.9 Å². The minimum atomic E-state index is 0. The van der Waals surface area contributed by atoms with Crippen molar-refractivity contribution in [1.82, 2.24) is 0 Å². The molecule has 0 aromatic carbocycles. The van der Waals surface area contributed by atoms with Gasteiger partial charge in [0, 0.05) is 0 Å². The van der Waals surface area contributed by atoms with Gasteiger partial charge >= 0.3 is 0 Å². The van der Waals surface area contributed by atoms with Crippen LogP contribution < -0.4 is 24.0 Å². The molecule has 0 saturated carbocycles. The Morgan fingerprint density at radius 1 is 1.19 bits per heavy atom. The first-order valence-corrected chi connectivity index (χ1v) is 6.32. The zero-order valence-electron chi connectivity index (χ0n) is 12.0. The summed E-state index contributed by atoms with van der Waals surface area (Å²) < 4.78 is 1.16. The van der Waals surface area contributed by atoms with Gasteiger partial charge in [0.2, 0.25) is 0 Å². The largest absolute Gasteiger partial charge is 1.00 e. The molecule has 0 aliphatic carbocycles. The summed E-state index contributed by atoms with van der Waals surface area (Å²) in [5.74, 6) is 0.865. The second-order valence-corrected chi connectivity index (χ2v) is 5.73. The molecule has 0 N–H and O–H groups in total. The molecule has 0 amide bonds. The Hall–Kier alpha value is 0.430. The van der Waals surface area contributed by atoms with Gasteiger partial charge in [-0.2, -0.15) is 0 Å². The number of nitrogens with zero attached hydrogens (tertiary/aromatic N) is 1. The van der Waals surface area contributed by atoms with E-state index in [1.54, 1.807) is 0 Å². The molecule has 0 aromatic heterocycles. The van der Waals surface area contributed by atoms with Crippen molar-refractivity contribution in [1.29, 1.82) is 0 Å². The van der Waals surface area contributed by atoms with Gasteiger partial charge in [0.1, 0.15) is 0 Å². The minimum Gasteiger partial charge on any atom is -1.00 e. The van der Waals surface area contributed by atoms with Crippen molar-refractivity contribution in [3.8, 4) is 0 Å². The van der Waals surface area contributed by atoms with E-state index in [0.29, 0.717) is 0 Å². The van der Waals surface area contributed by atoms with Gasteiger partial charge in [-0.1, -0.05) is 18.6 Å². The van der Waals surface area contributed by atoms with E-state index in [1.807, 2.05) is 0 Å². The number of hydrogen-bond donors (Lipinski definition) is 0. The Morgan fingerprint density at radius 2 is 1.75 bits per heavy atom. The molecule has 16 heavy (non-hydrogen) atoms. The molecule has 98 valence electrons. The lowest BCUT2D eigenvalue weighted by Crippen LogP contribution is -3.00. The van der Waals surface area contributed by atoms with Crippen LogP contribution in [-0.4, -0.2) is 31.7 Å². The van der Waals surface area contributed by atoms with E-state index in [-0.39, 0.29) is 24.0 Å². The third-order valence-corrected chi connectivity index (χ3v) is 3.30. The molecular formula is C14H30IN. The van der Waals surface area contributed by atoms with Gasteiger partial charge in [-0.15, -0.1) is 0 Å². The van der Waals surface area contributed by atoms with Crippen molar-refractivity contribution < 1.29 is 28.5 Å². The Balaban J connectivity index is 0. The Labute approximate surface area is 120 Å². The Morgan fingerprint density at radius 3 is 2.19 bits per heavy atom. The van der Waals surface area contributed by atoms with Crippen LogP contribution in [0.1, 0.15) is 47.0 Å². The molecular weight excluding hydrogens is 309 g/mol. The molecule has 0 heterocycles. The van der Waals surface area contributed by atoms with Gasteiger partial charge in [-0.05, 0) is 46.0 Å². The van der Waals surface area contributed by atoms with Crippen LogP contribution in [0.25, 0.3) is 0 Å². The molecule has 0 rings (SSSR count). The average molecular weight is 339 g/mol. The summed E-state index contributed by atoms with van der Waals surface area (Å²) in [5.41, 5.74) is 1.45. The quantitative estimate of drug-likeness (QED) is 0.367. The summed E-state index contributed by atoms with van der Waals surface area (Å²) in [7, 11) is 4.64. The third-order valence-electron chi connectivity index (χ3n) is 3.30. The molecule has 0 radical (unpaired) electrons. The molecule has 1 atom stereocenters. The Bertz CT molecular complexity index is 193. The van der Waals surface area contributed by atoms with Crippen LogP contribution in [0.15, 0.2) is 11.6 Å². The molecule has 0 aliphatic rings. The van der Waals surface area contributed by atoms with Crippen molar-refractivity contribution >= 4 is 0 Å². The number of halogens is 1. The molecule has 0 fully saturated rings. The molecule has 0 saturated heterocycles. The van der Waals surface area contributed by atoms with Gasteiger partial charge in [-0.3, -0.25) is 0 Å². The summed E-state index contributed by atoms with van der Waals surface area (Å²) in [6.45, 7) is 11.6. The van der Waals surface area contributed by atoms with Crippen LogP contribution in [-0.2, 0) is 0 Å². The Kier molecular flexibility index (Phi) is 11.1. The van der Waals surface area contributed by atoms with Gasteiger partial charge in [0.05, 0.1) is 27.2 Å². The maximum Gasteiger partial charge on any atom is 0.0785 e. The second kappa shape index (κ2) is 9.46. The first kappa shape index (κ1) is 18.8. The van der Waals surface area contributed by atoms with E-state index in [0.717, 1.165) is 10.4 Å². The van der Waals surface area contributed by atoms with Crippen LogP contribution in [0.4, 0.5) is 0 Å². The summed E-state index contributed by atoms with van der Waals surface area (Å²) in [6, 6.07) is 0. The summed E-state index contributed by atoms with van der Waals surface area (Å²) in [6.07, 6.45) is 6.31. The monoisotopic (exact) mass is 339 g/mol. The molecule has 0 aromatic rings. The maximum atomic E-state index is 2.38. The molecule has 0 spiro atoms. The van der Waals surface area contributed by atoms with Gasteiger partial charge in [0.15, 0.2) is 0 Å². The summed E-state index contributed by atoms with van der Waals surface area (Å²) in [4.78, 5) is 0. The average Bonchev–Trinajstić information content (AvgIpc) is 2.14. The molecule has 0 bridgehead atoms. The SMILES string of the molecule is CC[N+](C)(C)CC[C@H](C)CCC=C(C)C.[I-]. The van der Waals surface area contributed by atoms with Crippen LogP contribution in [0.2, 0.25) is 0 Å². The van der Waals surface area contributed by atoms with Crippen molar-refractivity contribution in [2.24, 2.45) is 5.92 Å². The number of allylic oxidation sites excluding steroid dienone is 2. The van der Waals surface area contributed by atoms with Crippen molar-refractivity contribution in [3.63, 3.8) is 0 Å². The first-order chi connectivity index (χ1) is 6.87. The van der Waals surface area contributed by atoms with Crippen LogP contribution >= 0.6 is 0 Å². The molecule has 2 heteroatoms. The van der Waals surface area contributed by atoms with Crippen molar-refractivity contribution in [2.45, 2.75) is 47.0 Å². The standard InChI is InChI=1S/C14H30N.HI/c1-7-15(5,6)12-11-14(4)10-8-9-13(2)3;/h9,14H,7-8,10-12H2,1-6H3;1H/q+1;/p-1/t14-;/m1./s1. The lowest BCUT2D eigenvalue weighted by molar-refractivity contribution is -0.889. The normalized spacial score (nSPS) is 12.9. The van der Waals surface area contributed by atoms with E-state index in [2.05, 4.69) is 47.9 Å². The number of quaternary nitrogens is 1. The highest BCUT2D eigenvalue weighted by Gasteiger charge is 2.13. The van der Waals surface area contributed by atoms with Gasteiger partial charge in [0.25, 0.3) is 0 Å². The first-order valence-electron chi connectivity index (χ1n) is 6.32. The van der Waals surface area contributed by atoms with Gasteiger partial charge in [-0.25, -0.2) is 0 Å². The molecule has 0 aliphatic heterocycles. The fourth-order valence-corrected chi connectivity index (χ4v) is 1.53. The van der Waals surface area contributed by atoms with E-state index < -0.39 is 0 Å². The topological polar surface area (TPSA) is 0 Å². The van der Waals surface area contributed by atoms with E-state index >= 15 is 0 Å². The smallest absolute Gasteiger partial charge is 0.0785 e. The molecule has 1 nitrogen and oxygen atoms in total. The van der Waals surface area contributed by atoms with Gasteiger partial charge < -0.3 is 28.5 Å². The zero-order valence-corrected chi connectivity index (χ0v) is 14.2. The fraction of sp³-hybridized carbons (Fsp3) is 0.857. The fourth-order valence-electron chi connectivity index (χ4n) is 1.53. The highest BCUT2D eigenvalue weighted by Crippen LogP contribution is 2.13.